The van der Waals surface area contributed by atoms with Crippen molar-refractivity contribution in [2.45, 2.75) is 39.2 Å². The molecule has 0 spiro atoms. The lowest BCUT2D eigenvalue weighted by Gasteiger charge is -2.23. The molecule has 0 unspecified atom stereocenters. The first-order valence-corrected chi connectivity index (χ1v) is 9.10. The van der Waals surface area contributed by atoms with Crippen molar-refractivity contribution in [2.24, 2.45) is 0 Å². The predicted molar refractivity (Wildman–Crippen MR) is 102 cm³/mol. The maximum atomic E-state index is 4.84. The molecule has 3 heteroatoms. The maximum Gasteiger partial charge on any atom is 0.0908 e. The second kappa shape index (κ2) is 6.94. The van der Waals surface area contributed by atoms with Gasteiger partial charge in [-0.1, -0.05) is 24.6 Å². The molecule has 1 aromatic rings. The lowest BCUT2D eigenvalue weighted by atomic mass is 10.1. The van der Waals surface area contributed by atoms with Crippen LogP contribution in [0.5, 0.6) is 0 Å². The highest BCUT2D eigenvalue weighted by Crippen LogP contribution is 2.32. The number of para-hydroxylation sites is 1. The normalized spacial score (nSPS) is 12.3. The number of fused-ring (bicyclic) bond motifs is 3. The summed E-state index contributed by atoms with van der Waals surface area (Å²) in [6.07, 6.45) is 7.44. The van der Waals surface area contributed by atoms with Gasteiger partial charge in [0.05, 0.1) is 38.9 Å². The summed E-state index contributed by atoms with van der Waals surface area (Å²) in [5, 5.41) is 1.27. The topological polar surface area (TPSA) is 17.8 Å². The van der Waals surface area contributed by atoms with Crippen molar-refractivity contribution in [1.29, 1.82) is 0 Å². The Balaban J connectivity index is 1.62. The molecule has 0 aliphatic carbocycles. The lowest BCUT2D eigenvalue weighted by molar-refractivity contribution is -0.870. The van der Waals surface area contributed by atoms with Crippen LogP contribution >= 0.6 is 0 Å². The molecule has 0 N–H and O–H groups in total. The van der Waals surface area contributed by atoms with Gasteiger partial charge in [-0.2, -0.15) is 0 Å². The van der Waals surface area contributed by atoms with Gasteiger partial charge in [0.1, 0.15) is 0 Å². The molecule has 0 atom stereocenters. The standard InChI is InChI=1S/C21H30N3/c1-17-21-19(18-11-7-8-12-20(18)22-21)13-15-23(17)14-9-5-6-10-16-24(2,3)4/h7-8,11-13,15H,5-6,9-10,14,16H2,1-4H3/q+1. The zero-order valence-electron chi connectivity index (χ0n) is 15.5. The van der Waals surface area contributed by atoms with Crippen LogP contribution in [0.2, 0.25) is 0 Å². The number of unbranched alkanes of at least 4 members (excludes halogenated alkanes) is 3. The average Bonchev–Trinajstić information content (AvgIpc) is 2.91. The Morgan fingerprint density at radius 3 is 2.50 bits per heavy atom. The van der Waals surface area contributed by atoms with Gasteiger partial charge in [0.25, 0.3) is 0 Å². The first-order chi connectivity index (χ1) is 11.5. The summed E-state index contributed by atoms with van der Waals surface area (Å²) in [5.41, 5.74) is 4.83. The number of pyridine rings is 1. The van der Waals surface area contributed by atoms with Crippen LogP contribution < -0.4 is 0 Å². The monoisotopic (exact) mass is 324 g/mol. The largest absolute Gasteiger partial charge is 0.350 e. The van der Waals surface area contributed by atoms with Crippen molar-refractivity contribution >= 4 is 10.9 Å². The summed E-state index contributed by atoms with van der Waals surface area (Å²) < 4.78 is 3.44. The van der Waals surface area contributed by atoms with E-state index in [1.807, 2.05) is 0 Å². The van der Waals surface area contributed by atoms with Crippen LogP contribution in [-0.2, 0) is 6.54 Å². The average molecular weight is 324 g/mol. The van der Waals surface area contributed by atoms with E-state index < -0.39 is 0 Å². The molecule has 0 saturated heterocycles. The minimum absolute atomic E-state index is 1.07. The van der Waals surface area contributed by atoms with Crippen molar-refractivity contribution in [3.05, 3.63) is 42.2 Å². The molecule has 128 valence electrons. The third-order valence-corrected chi connectivity index (χ3v) is 4.85. The third kappa shape index (κ3) is 3.78. The zero-order chi connectivity index (χ0) is 17.2. The molecule has 0 amide bonds. The fourth-order valence-electron chi connectivity index (χ4n) is 3.43. The Labute approximate surface area is 145 Å². The number of hydrogen-bond acceptors (Lipinski definition) is 1. The van der Waals surface area contributed by atoms with E-state index in [2.05, 4.69) is 69.2 Å². The highest BCUT2D eigenvalue weighted by Gasteiger charge is 2.15. The van der Waals surface area contributed by atoms with E-state index in [1.54, 1.807) is 0 Å². The number of quaternary nitrogens is 1. The zero-order valence-corrected chi connectivity index (χ0v) is 15.5. The Morgan fingerprint density at radius 1 is 0.958 bits per heavy atom. The van der Waals surface area contributed by atoms with Gasteiger partial charge in [-0.05, 0) is 38.3 Å². The molecule has 0 radical (unpaired) electrons. The number of aromatic nitrogens is 2. The Hall–Kier alpha value is -1.87. The SMILES string of the molecule is Cc1c2nc3ccccc3c-2ccn1CCCCCC[N+](C)(C)C. The fraction of sp³-hybridized carbons (Fsp3) is 0.476. The quantitative estimate of drug-likeness (QED) is 0.454. The second-order valence-electron chi connectivity index (χ2n) is 7.91. The van der Waals surface area contributed by atoms with Crippen molar-refractivity contribution in [2.75, 3.05) is 27.7 Å². The van der Waals surface area contributed by atoms with Gasteiger partial charge in [0.15, 0.2) is 0 Å². The molecular weight excluding hydrogens is 294 g/mol. The maximum absolute atomic E-state index is 4.84. The fourth-order valence-corrected chi connectivity index (χ4v) is 3.43. The highest BCUT2D eigenvalue weighted by molar-refractivity contribution is 5.97. The highest BCUT2D eigenvalue weighted by atomic mass is 15.3. The Morgan fingerprint density at radius 2 is 1.71 bits per heavy atom. The van der Waals surface area contributed by atoms with Crippen molar-refractivity contribution in [1.82, 2.24) is 9.55 Å². The van der Waals surface area contributed by atoms with Crippen LogP contribution in [0, 0.1) is 6.92 Å². The van der Waals surface area contributed by atoms with Crippen molar-refractivity contribution < 1.29 is 4.48 Å². The number of nitrogens with zero attached hydrogens (tertiary/aromatic N) is 3. The van der Waals surface area contributed by atoms with Gasteiger partial charge < -0.3 is 9.05 Å². The minimum Gasteiger partial charge on any atom is -0.350 e. The van der Waals surface area contributed by atoms with Gasteiger partial charge >= 0.3 is 0 Å². The van der Waals surface area contributed by atoms with E-state index in [0.717, 1.165) is 22.2 Å². The summed E-state index contributed by atoms with van der Waals surface area (Å²) in [6, 6.07) is 10.7. The first kappa shape index (κ1) is 17.0. The van der Waals surface area contributed by atoms with Crippen LogP contribution in [0.25, 0.3) is 22.2 Å². The molecule has 3 rings (SSSR count). The third-order valence-electron chi connectivity index (χ3n) is 4.85. The molecule has 2 aliphatic heterocycles. The summed E-state index contributed by atoms with van der Waals surface area (Å²) in [6.45, 7) is 4.56. The van der Waals surface area contributed by atoms with Gasteiger partial charge in [0, 0.05) is 29.4 Å². The van der Waals surface area contributed by atoms with E-state index >= 15 is 0 Å². The smallest absolute Gasteiger partial charge is 0.0908 e. The number of hydrogen-bond donors (Lipinski definition) is 0. The summed E-state index contributed by atoms with van der Waals surface area (Å²) in [5.74, 6) is 0. The number of benzene rings is 1. The molecule has 24 heavy (non-hydrogen) atoms. The van der Waals surface area contributed by atoms with Gasteiger partial charge in [-0.3, -0.25) is 0 Å². The van der Waals surface area contributed by atoms with E-state index in [-0.39, 0.29) is 0 Å². The minimum atomic E-state index is 1.07. The van der Waals surface area contributed by atoms with Crippen molar-refractivity contribution in [3.8, 4) is 11.3 Å². The van der Waals surface area contributed by atoms with Gasteiger partial charge in [-0.15, -0.1) is 0 Å². The van der Waals surface area contributed by atoms with Crippen LogP contribution in [0.15, 0.2) is 36.5 Å². The number of rotatable bonds is 7. The Bertz CT molecular complexity index is 780. The Kier molecular flexibility index (Phi) is 4.91. The second-order valence-corrected chi connectivity index (χ2v) is 7.91. The van der Waals surface area contributed by atoms with Crippen LogP contribution in [0.3, 0.4) is 0 Å². The molecule has 2 heterocycles. The molecule has 3 nitrogen and oxygen atoms in total. The molecule has 0 fully saturated rings. The molecule has 0 saturated carbocycles. The van der Waals surface area contributed by atoms with E-state index in [4.69, 9.17) is 4.98 Å². The number of aryl methyl sites for hydroxylation is 1. The summed E-state index contributed by atoms with van der Waals surface area (Å²) in [7, 11) is 6.81. The summed E-state index contributed by atoms with van der Waals surface area (Å²) in [4.78, 5) is 4.84. The molecule has 2 aliphatic rings. The van der Waals surface area contributed by atoms with Gasteiger partial charge in [-0.25, -0.2) is 4.98 Å². The summed E-state index contributed by atoms with van der Waals surface area (Å²) >= 11 is 0. The molecule has 0 bridgehead atoms. The molecule has 1 aromatic carbocycles. The first-order valence-electron chi connectivity index (χ1n) is 9.10. The van der Waals surface area contributed by atoms with Gasteiger partial charge in [0.2, 0.25) is 0 Å². The predicted octanol–water partition coefficient (Wildman–Crippen LogP) is 4.72. The van der Waals surface area contributed by atoms with Crippen LogP contribution in [0.1, 0.15) is 31.4 Å². The van der Waals surface area contributed by atoms with E-state index in [1.165, 1.54) is 48.9 Å². The molecular formula is C21H30N3+. The van der Waals surface area contributed by atoms with E-state index in [0.29, 0.717) is 0 Å². The lowest BCUT2D eigenvalue weighted by Crippen LogP contribution is -2.35. The van der Waals surface area contributed by atoms with Crippen LogP contribution in [-0.4, -0.2) is 41.7 Å². The van der Waals surface area contributed by atoms with E-state index in [9.17, 15) is 0 Å². The molecule has 0 aromatic heterocycles. The van der Waals surface area contributed by atoms with Crippen LogP contribution in [0.4, 0.5) is 0 Å². The van der Waals surface area contributed by atoms with Crippen molar-refractivity contribution in [3.63, 3.8) is 0 Å².